The van der Waals surface area contributed by atoms with Crippen molar-refractivity contribution in [3.63, 3.8) is 0 Å². The van der Waals surface area contributed by atoms with Gasteiger partial charge in [-0.2, -0.15) is 0 Å². The summed E-state index contributed by atoms with van der Waals surface area (Å²) in [7, 11) is 0. The van der Waals surface area contributed by atoms with Crippen LogP contribution in [0.3, 0.4) is 0 Å². The highest BCUT2D eigenvalue weighted by atomic mass is 32.1. The first-order chi connectivity index (χ1) is 7.10. The Kier molecular flexibility index (Phi) is 2.59. The van der Waals surface area contributed by atoms with E-state index in [1.165, 1.54) is 12.1 Å². The number of rotatable bonds is 2. The van der Waals surface area contributed by atoms with Crippen molar-refractivity contribution < 1.29 is 4.39 Å². The van der Waals surface area contributed by atoms with Crippen molar-refractivity contribution >= 4 is 11.3 Å². The number of hydrogen-bond donors (Lipinski definition) is 1. The average Bonchev–Trinajstić information content (AvgIpc) is 2.71. The Labute approximate surface area is 92.4 Å². The third kappa shape index (κ3) is 1.94. The molecule has 2 aromatic rings. The van der Waals surface area contributed by atoms with Gasteiger partial charge in [-0.3, -0.25) is 0 Å². The lowest BCUT2D eigenvalue weighted by molar-refractivity contribution is 0.602. The second-order valence-corrected chi connectivity index (χ2v) is 4.63. The third-order valence-corrected chi connectivity index (χ3v) is 3.58. The molecule has 2 rings (SSSR count). The Balaban J connectivity index is 2.41. The van der Waals surface area contributed by atoms with Crippen molar-refractivity contribution in [2.24, 2.45) is 5.73 Å². The Morgan fingerprint density at radius 2 is 1.87 bits per heavy atom. The molecule has 0 saturated carbocycles. The molecule has 0 aliphatic heterocycles. The van der Waals surface area contributed by atoms with Crippen LogP contribution in [0.1, 0.15) is 17.4 Å². The zero-order chi connectivity index (χ0) is 10.9. The van der Waals surface area contributed by atoms with Crippen LogP contribution in [0.4, 0.5) is 4.39 Å². The van der Waals surface area contributed by atoms with Gasteiger partial charge in [0.15, 0.2) is 0 Å². The van der Waals surface area contributed by atoms with Gasteiger partial charge >= 0.3 is 0 Å². The standard InChI is InChI=1S/C12H12FNS/c1-12(14,11-3-2-8-15-11)9-4-6-10(13)7-5-9/h2-8H,14H2,1H3. The van der Waals surface area contributed by atoms with Crippen LogP contribution in [-0.4, -0.2) is 0 Å². The van der Waals surface area contributed by atoms with Crippen LogP contribution in [0.25, 0.3) is 0 Å². The van der Waals surface area contributed by atoms with Crippen LogP contribution in [0.5, 0.6) is 0 Å². The van der Waals surface area contributed by atoms with Gasteiger partial charge in [0, 0.05) is 4.88 Å². The van der Waals surface area contributed by atoms with Gasteiger partial charge in [-0.15, -0.1) is 11.3 Å². The van der Waals surface area contributed by atoms with Crippen LogP contribution in [0.15, 0.2) is 41.8 Å². The quantitative estimate of drug-likeness (QED) is 0.828. The van der Waals surface area contributed by atoms with Crippen molar-refractivity contribution in [3.8, 4) is 0 Å². The molecule has 1 unspecified atom stereocenters. The van der Waals surface area contributed by atoms with Gasteiger partial charge in [-0.25, -0.2) is 4.39 Å². The Morgan fingerprint density at radius 3 is 2.40 bits per heavy atom. The number of hydrogen-bond acceptors (Lipinski definition) is 2. The summed E-state index contributed by atoms with van der Waals surface area (Å²) in [5.41, 5.74) is 6.62. The average molecular weight is 221 g/mol. The van der Waals surface area contributed by atoms with Crippen molar-refractivity contribution in [1.82, 2.24) is 0 Å². The van der Waals surface area contributed by atoms with Crippen LogP contribution >= 0.6 is 11.3 Å². The zero-order valence-electron chi connectivity index (χ0n) is 8.41. The lowest BCUT2D eigenvalue weighted by Gasteiger charge is -2.23. The molecule has 0 aliphatic rings. The number of halogens is 1. The van der Waals surface area contributed by atoms with Crippen molar-refractivity contribution in [2.45, 2.75) is 12.5 Å². The minimum atomic E-state index is -0.540. The highest BCUT2D eigenvalue weighted by Gasteiger charge is 2.24. The van der Waals surface area contributed by atoms with Crippen LogP contribution in [-0.2, 0) is 5.54 Å². The van der Waals surface area contributed by atoms with Gasteiger partial charge in [-0.1, -0.05) is 18.2 Å². The Hall–Kier alpha value is -1.19. The molecular formula is C12H12FNS. The molecule has 1 atom stereocenters. The smallest absolute Gasteiger partial charge is 0.123 e. The van der Waals surface area contributed by atoms with E-state index in [1.54, 1.807) is 23.5 Å². The third-order valence-electron chi connectivity index (χ3n) is 2.48. The fourth-order valence-electron chi connectivity index (χ4n) is 1.51. The first kappa shape index (κ1) is 10.3. The first-order valence-corrected chi connectivity index (χ1v) is 5.57. The van der Waals surface area contributed by atoms with Crippen LogP contribution in [0.2, 0.25) is 0 Å². The Bertz CT molecular complexity index is 431. The largest absolute Gasteiger partial charge is 0.317 e. The lowest BCUT2D eigenvalue weighted by Crippen LogP contribution is -2.33. The molecule has 0 spiro atoms. The first-order valence-electron chi connectivity index (χ1n) is 4.69. The SMILES string of the molecule is CC(N)(c1ccc(F)cc1)c1cccs1. The molecule has 1 aromatic heterocycles. The molecule has 2 N–H and O–H groups in total. The van der Waals surface area contributed by atoms with Crippen molar-refractivity contribution in [2.75, 3.05) is 0 Å². The summed E-state index contributed by atoms with van der Waals surface area (Å²) in [5.74, 6) is -0.235. The molecule has 3 heteroatoms. The van der Waals surface area contributed by atoms with Crippen molar-refractivity contribution in [1.29, 1.82) is 0 Å². The summed E-state index contributed by atoms with van der Waals surface area (Å²) in [5, 5.41) is 1.99. The monoisotopic (exact) mass is 221 g/mol. The second-order valence-electron chi connectivity index (χ2n) is 3.69. The van der Waals surface area contributed by atoms with Gasteiger partial charge < -0.3 is 5.73 Å². The number of thiophene rings is 1. The minimum Gasteiger partial charge on any atom is -0.317 e. The second kappa shape index (κ2) is 3.76. The number of nitrogens with two attached hydrogens (primary N) is 1. The predicted octanol–water partition coefficient (Wildman–Crippen LogP) is 3.11. The molecule has 0 amide bonds. The zero-order valence-corrected chi connectivity index (χ0v) is 9.22. The summed E-state index contributed by atoms with van der Waals surface area (Å²) in [4.78, 5) is 1.08. The van der Waals surface area contributed by atoms with E-state index < -0.39 is 5.54 Å². The van der Waals surface area contributed by atoms with Gasteiger partial charge in [0.25, 0.3) is 0 Å². The van der Waals surface area contributed by atoms with Gasteiger partial charge in [0.2, 0.25) is 0 Å². The molecule has 0 bridgehead atoms. The van der Waals surface area contributed by atoms with E-state index >= 15 is 0 Å². The highest BCUT2D eigenvalue weighted by molar-refractivity contribution is 7.10. The number of benzene rings is 1. The summed E-state index contributed by atoms with van der Waals surface area (Å²) < 4.78 is 12.8. The fourth-order valence-corrected chi connectivity index (χ4v) is 2.34. The van der Waals surface area contributed by atoms with Gasteiger partial charge in [-0.05, 0) is 36.1 Å². The molecule has 0 fully saturated rings. The molecule has 1 aromatic carbocycles. The molecule has 15 heavy (non-hydrogen) atoms. The van der Waals surface area contributed by atoms with Crippen LogP contribution < -0.4 is 5.73 Å². The summed E-state index contributed by atoms with van der Waals surface area (Å²) in [6.07, 6.45) is 0. The molecule has 0 radical (unpaired) electrons. The molecular weight excluding hydrogens is 209 g/mol. The van der Waals surface area contributed by atoms with E-state index in [0.717, 1.165) is 10.4 Å². The normalized spacial score (nSPS) is 14.9. The Morgan fingerprint density at radius 1 is 1.20 bits per heavy atom. The summed E-state index contributed by atoms with van der Waals surface area (Å²) in [6.45, 7) is 1.94. The predicted molar refractivity (Wildman–Crippen MR) is 61.4 cm³/mol. The summed E-state index contributed by atoms with van der Waals surface area (Å²) in [6, 6.07) is 10.3. The maximum atomic E-state index is 12.8. The maximum absolute atomic E-state index is 12.8. The summed E-state index contributed by atoms with van der Waals surface area (Å²) >= 11 is 1.61. The van der Waals surface area contributed by atoms with E-state index in [-0.39, 0.29) is 5.82 Å². The van der Waals surface area contributed by atoms with E-state index in [1.807, 2.05) is 24.4 Å². The van der Waals surface area contributed by atoms with E-state index in [4.69, 9.17) is 5.73 Å². The lowest BCUT2D eigenvalue weighted by atomic mass is 9.92. The van der Waals surface area contributed by atoms with E-state index in [2.05, 4.69) is 0 Å². The molecule has 78 valence electrons. The van der Waals surface area contributed by atoms with E-state index in [9.17, 15) is 4.39 Å². The van der Waals surface area contributed by atoms with E-state index in [0.29, 0.717) is 0 Å². The minimum absolute atomic E-state index is 0.235. The van der Waals surface area contributed by atoms with Gasteiger partial charge in [0.1, 0.15) is 5.82 Å². The molecule has 0 saturated heterocycles. The maximum Gasteiger partial charge on any atom is 0.123 e. The molecule has 1 nitrogen and oxygen atoms in total. The fraction of sp³-hybridized carbons (Fsp3) is 0.167. The highest BCUT2D eigenvalue weighted by Crippen LogP contribution is 2.29. The molecule has 0 aliphatic carbocycles. The van der Waals surface area contributed by atoms with Crippen molar-refractivity contribution in [3.05, 3.63) is 58.0 Å². The van der Waals surface area contributed by atoms with Crippen LogP contribution in [0, 0.1) is 5.82 Å². The topological polar surface area (TPSA) is 26.0 Å². The van der Waals surface area contributed by atoms with Gasteiger partial charge in [0.05, 0.1) is 5.54 Å². The molecule has 1 heterocycles.